The van der Waals surface area contributed by atoms with Gasteiger partial charge in [0.2, 0.25) is 0 Å². The second-order valence-electron chi connectivity index (χ2n) is 5.32. The van der Waals surface area contributed by atoms with E-state index in [4.69, 9.17) is 11.6 Å². The van der Waals surface area contributed by atoms with Crippen molar-refractivity contribution in [2.45, 2.75) is 0 Å². The van der Waals surface area contributed by atoms with E-state index in [-0.39, 0.29) is 11.6 Å². The lowest BCUT2D eigenvalue weighted by molar-refractivity contribution is 0.0847. The predicted octanol–water partition coefficient (Wildman–Crippen LogP) is 1.94. The third kappa shape index (κ3) is 3.72. The van der Waals surface area contributed by atoms with E-state index in [1.54, 1.807) is 53.4 Å². The Morgan fingerprint density at radius 1 is 1.00 bits per heavy atom. The average Bonchev–Trinajstić information content (AvgIpc) is 3.06. The lowest BCUT2D eigenvalue weighted by Gasteiger charge is -2.14. The summed E-state index contributed by atoms with van der Waals surface area (Å²) in [6.45, 7) is 1.17. The normalized spacial score (nSPS) is 13.3. The van der Waals surface area contributed by atoms with Crippen molar-refractivity contribution in [1.82, 2.24) is 16.2 Å². The van der Waals surface area contributed by atoms with Gasteiger partial charge in [-0.25, -0.2) is 4.79 Å². The zero-order valence-electron chi connectivity index (χ0n) is 13.1. The summed E-state index contributed by atoms with van der Waals surface area (Å²) in [6, 6.07) is 12.9. The first-order valence-corrected chi connectivity index (χ1v) is 7.95. The number of nitrogens with one attached hydrogen (secondary N) is 3. The Hall–Kier alpha value is -3.06. The van der Waals surface area contributed by atoms with Crippen molar-refractivity contribution in [2.24, 2.45) is 0 Å². The van der Waals surface area contributed by atoms with Gasteiger partial charge >= 0.3 is 6.03 Å². The molecule has 8 heteroatoms. The molecular formula is C17H15ClN4O3. The van der Waals surface area contributed by atoms with Crippen LogP contribution in [-0.4, -0.2) is 30.9 Å². The van der Waals surface area contributed by atoms with E-state index in [1.807, 2.05) is 0 Å². The first-order chi connectivity index (χ1) is 12.1. The molecule has 7 nitrogen and oxygen atoms in total. The second-order valence-corrected chi connectivity index (χ2v) is 5.73. The summed E-state index contributed by atoms with van der Waals surface area (Å²) in [4.78, 5) is 37.3. The molecule has 0 spiro atoms. The number of hydrazine groups is 1. The molecule has 0 unspecified atom stereocenters. The molecule has 0 saturated carbocycles. The molecule has 0 bridgehead atoms. The highest BCUT2D eigenvalue weighted by Gasteiger charge is 2.21. The molecule has 2 aromatic rings. The number of halogens is 1. The van der Waals surface area contributed by atoms with Crippen molar-refractivity contribution in [3.05, 3.63) is 64.7 Å². The van der Waals surface area contributed by atoms with Gasteiger partial charge in [0.15, 0.2) is 0 Å². The highest BCUT2D eigenvalue weighted by atomic mass is 35.5. The van der Waals surface area contributed by atoms with Gasteiger partial charge in [0.05, 0.1) is 10.6 Å². The SMILES string of the molecule is O=C(NNC(=O)c1ccccc1Cl)c1ccc(N2CCNC2=O)cc1. The standard InChI is InChI=1S/C17H15ClN4O3/c18-14-4-2-1-3-13(14)16(24)21-20-15(23)11-5-7-12(8-6-11)22-10-9-19-17(22)25/h1-8H,9-10H2,(H,19,25)(H,20,23)(H,21,24). The van der Waals surface area contributed by atoms with Gasteiger partial charge in [0.1, 0.15) is 0 Å². The zero-order chi connectivity index (χ0) is 17.8. The van der Waals surface area contributed by atoms with E-state index in [2.05, 4.69) is 16.2 Å². The lowest BCUT2D eigenvalue weighted by Crippen LogP contribution is -2.41. The number of rotatable bonds is 3. The van der Waals surface area contributed by atoms with E-state index in [0.29, 0.717) is 29.4 Å². The molecule has 1 aliphatic heterocycles. The Morgan fingerprint density at radius 3 is 2.32 bits per heavy atom. The van der Waals surface area contributed by atoms with Crippen molar-refractivity contribution >= 4 is 35.1 Å². The molecule has 128 valence electrons. The number of urea groups is 1. The van der Waals surface area contributed by atoms with Crippen LogP contribution in [0.3, 0.4) is 0 Å². The highest BCUT2D eigenvalue weighted by Crippen LogP contribution is 2.17. The highest BCUT2D eigenvalue weighted by molar-refractivity contribution is 6.33. The maximum Gasteiger partial charge on any atom is 0.321 e. The number of benzene rings is 2. The molecule has 0 aliphatic carbocycles. The van der Waals surface area contributed by atoms with Gasteiger partial charge in [-0.2, -0.15) is 0 Å². The van der Waals surface area contributed by atoms with Crippen molar-refractivity contribution in [3.8, 4) is 0 Å². The Kier molecular flexibility index (Phi) is 4.85. The summed E-state index contributed by atoms with van der Waals surface area (Å²) in [7, 11) is 0. The van der Waals surface area contributed by atoms with Crippen LogP contribution in [0.4, 0.5) is 10.5 Å². The van der Waals surface area contributed by atoms with Crippen LogP contribution < -0.4 is 21.1 Å². The van der Waals surface area contributed by atoms with Crippen LogP contribution in [0.5, 0.6) is 0 Å². The Bertz CT molecular complexity index is 823. The molecule has 0 aromatic heterocycles. The largest absolute Gasteiger partial charge is 0.336 e. The minimum Gasteiger partial charge on any atom is -0.336 e. The third-order valence-corrected chi connectivity index (χ3v) is 4.04. The molecule has 4 amide bonds. The van der Waals surface area contributed by atoms with Crippen molar-refractivity contribution < 1.29 is 14.4 Å². The first kappa shape index (κ1) is 16.8. The number of amides is 4. The molecular weight excluding hydrogens is 344 g/mol. The van der Waals surface area contributed by atoms with Crippen molar-refractivity contribution in [1.29, 1.82) is 0 Å². The summed E-state index contributed by atoms with van der Waals surface area (Å²) < 4.78 is 0. The number of carbonyl (C=O) groups is 3. The maximum absolute atomic E-state index is 12.1. The molecule has 1 saturated heterocycles. The Morgan fingerprint density at radius 2 is 1.68 bits per heavy atom. The van der Waals surface area contributed by atoms with Gasteiger partial charge in [0, 0.05) is 24.3 Å². The molecule has 25 heavy (non-hydrogen) atoms. The smallest absolute Gasteiger partial charge is 0.321 e. The number of hydrogen-bond donors (Lipinski definition) is 3. The Labute approximate surface area is 148 Å². The molecule has 3 N–H and O–H groups in total. The van der Waals surface area contributed by atoms with Crippen LogP contribution in [-0.2, 0) is 0 Å². The van der Waals surface area contributed by atoms with E-state index in [1.165, 1.54) is 0 Å². The third-order valence-electron chi connectivity index (χ3n) is 3.71. The molecule has 2 aromatic carbocycles. The van der Waals surface area contributed by atoms with Crippen LogP contribution in [0.2, 0.25) is 5.02 Å². The quantitative estimate of drug-likeness (QED) is 0.732. The van der Waals surface area contributed by atoms with E-state index in [9.17, 15) is 14.4 Å². The topological polar surface area (TPSA) is 90.5 Å². The lowest BCUT2D eigenvalue weighted by atomic mass is 10.2. The number of hydrogen-bond acceptors (Lipinski definition) is 3. The van der Waals surface area contributed by atoms with E-state index < -0.39 is 11.8 Å². The summed E-state index contributed by atoms with van der Waals surface area (Å²) in [5, 5.41) is 3.00. The summed E-state index contributed by atoms with van der Waals surface area (Å²) in [6.07, 6.45) is 0. The molecule has 1 heterocycles. The van der Waals surface area contributed by atoms with Gasteiger partial charge < -0.3 is 5.32 Å². The molecule has 1 fully saturated rings. The Balaban J connectivity index is 1.61. The van der Waals surface area contributed by atoms with Crippen LogP contribution in [0.1, 0.15) is 20.7 Å². The van der Waals surface area contributed by atoms with Crippen LogP contribution >= 0.6 is 11.6 Å². The van der Waals surface area contributed by atoms with Gasteiger partial charge in [-0.15, -0.1) is 0 Å². The van der Waals surface area contributed by atoms with Gasteiger partial charge in [0.25, 0.3) is 11.8 Å². The number of carbonyl (C=O) groups excluding carboxylic acids is 3. The van der Waals surface area contributed by atoms with Crippen LogP contribution in [0.15, 0.2) is 48.5 Å². The zero-order valence-corrected chi connectivity index (χ0v) is 13.8. The average molecular weight is 359 g/mol. The summed E-state index contributed by atoms with van der Waals surface area (Å²) in [5.74, 6) is -0.984. The second kappa shape index (κ2) is 7.23. The summed E-state index contributed by atoms with van der Waals surface area (Å²) in [5.41, 5.74) is 5.96. The fourth-order valence-corrected chi connectivity index (χ4v) is 2.63. The van der Waals surface area contributed by atoms with Crippen molar-refractivity contribution in [3.63, 3.8) is 0 Å². The molecule has 1 aliphatic rings. The molecule has 0 atom stereocenters. The monoisotopic (exact) mass is 358 g/mol. The van der Waals surface area contributed by atoms with E-state index >= 15 is 0 Å². The van der Waals surface area contributed by atoms with Crippen molar-refractivity contribution in [2.75, 3.05) is 18.0 Å². The molecule has 3 rings (SSSR count). The maximum atomic E-state index is 12.1. The van der Waals surface area contributed by atoms with E-state index in [0.717, 1.165) is 0 Å². The number of nitrogens with zero attached hydrogens (tertiary/aromatic N) is 1. The van der Waals surface area contributed by atoms with Gasteiger partial charge in [-0.3, -0.25) is 25.3 Å². The van der Waals surface area contributed by atoms with Crippen LogP contribution in [0, 0.1) is 0 Å². The van der Waals surface area contributed by atoms with Gasteiger partial charge in [-0.1, -0.05) is 23.7 Å². The van der Waals surface area contributed by atoms with Gasteiger partial charge in [-0.05, 0) is 36.4 Å². The predicted molar refractivity (Wildman–Crippen MR) is 93.6 cm³/mol. The molecule has 0 radical (unpaired) electrons. The minimum absolute atomic E-state index is 0.163. The summed E-state index contributed by atoms with van der Waals surface area (Å²) >= 11 is 5.93. The van der Waals surface area contributed by atoms with Crippen LogP contribution in [0.25, 0.3) is 0 Å². The minimum atomic E-state index is -0.510. The fraction of sp³-hybridized carbons (Fsp3) is 0.118. The fourth-order valence-electron chi connectivity index (χ4n) is 2.41. The first-order valence-electron chi connectivity index (χ1n) is 7.57. The number of anilines is 1.